The minimum absolute atomic E-state index is 0.0228. The number of amides is 4. The zero-order valence-electron chi connectivity index (χ0n) is 58.9. The Morgan fingerprint density at radius 2 is 0.696 bits per heavy atom. The molecule has 4 aliphatic rings. The van der Waals surface area contributed by atoms with Crippen molar-refractivity contribution in [3.63, 3.8) is 0 Å². The van der Waals surface area contributed by atoms with Gasteiger partial charge in [-0.05, 0) is 199 Å². The average molecular weight is 1390 g/mol. The number of nitrogens with zero attached hydrogens (tertiary/aromatic N) is 10. The summed E-state index contributed by atoms with van der Waals surface area (Å²) in [6, 6.07) is 37.6. The predicted octanol–water partition coefficient (Wildman–Crippen LogP) is 12.5. The zero-order valence-corrected chi connectivity index (χ0v) is 59.6. The van der Waals surface area contributed by atoms with E-state index in [0.717, 1.165) is 101 Å². The number of nitrogens with one attached hydrogen (secondary N) is 6. The maximum Gasteiger partial charge on any atom is 0.256 e. The number of aromatic nitrogens is 8. The number of hydrogen-bond acceptors (Lipinski definition) is 22. The third-order valence-corrected chi connectivity index (χ3v) is 18.5. The highest BCUT2D eigenvalue weighted by Gasteiger charge is 2.46. The van der Waals surface area contributed by atoms with Gasteiger partial charge in [-0.2, -0.15) is 0 Å². The van der Waals surface area contributed by atoms with Gasteiger partial charge < -0.3 is 74.1 Å². The summed E-state index contributed by atoms with van der Waals surface area (Å²) in [5.74, 6) is 5.45. The maximum absolute atomic E-state index is 13.3. The van der Waals surface area contributed by atoms with Crippen LogP contribution in [0.1, 0.15) is 147 Å². The number of halogens is 1. The number of nitrogens with two attached hydrogens (primary N) is 4. The number of nitrogen functional groups attached to an aromatic ring is 4. The number of methoxy groups -OCH3 is 2. The van der Waals surface area contributed by atoms with E-state index in [9.17, 15) is 19.2 Å². The Balaban J connectivity index is 0.000000139. The number of aryl methyl sites for hydroxylation is 3. The van der Waals surface area contributed by atoms with Crippen LogP contribution in [0.2, 0.25) is 5.02 Å². The fraction of sp³-hybridized carbons (Fsp3) is 0.253. The highest BCUT2D eigenvalue weighted by atomic mass is 35.5. The van der Waals surface area contributed by atoms with Crippen molar-refractivity contribution in [1.82, 2.24) is 60.3 Å². The first-order valence-corrected chi connectivity index (χ1v) is 32.9. The van der Waals surface area contributed by atoms with Crippen LogP contribution >= 0.6 is 11.6 Å². The molecule has 14 N–H and O–H groups in total. The van der Waals surface area contributed by atoms with E-state index in [-0.39, 0.29) is 34.7 Å². The molecule has 6 aromatic carbocycles. The van der Waals surface area contributed by atoms with Crippen molar-refractivity contribution in [3.05, 3.63) is 224 Å². The molecule has 0 aliphatic carbocycles. The second-order valence-corrected chi connectivity index (χ2v) is 27.5. The first-order chi connectivity index (χ1) is 48.3. The van der Waals surface area contributed by atoms with Crippen LogP contribution in [0, 0.1) is 20.8 Å². The third-order valence-electron chi connectivity index (χ3n) is 18.2. The quantitative estimate of drug-likeness (QED) is 0.0483. The average Bonchev–Trinajstić information content (AvgIpc) is 1.60. The summed E-state index contributed by atoms with van der Waals surface area (Å²) >= 11 is 6.54. The van der Waals surface area contributed by atoms with Crippen molar-refractivity contribution >= 4 is 105 Å². The number of hydrogen-bond donors (Lipinski definition) is 10. The van der Waals surface area contributed by atoms with Crippen molar-refractivity contribution in [3.8, 4) is 11.5 Å². The fourth-order valence-corrected chi connectivity index (χ4v) is 13.2. The number of ether oxygens (including phenoxy) is 2. The van der Waals surface area contributed by atoms with Crippen LogP contribution in [0.3, 0.4) is 0 Å². The molecule has 0 saturated carbocycles. The highest BCUT2D eigenvalue weighted by Crippen LogP contribution is 2.46. The molecular weight excluding hydrogens is 1310 g/mol. The molecule has 4 aliphatic heterocycles. The molecule has 0 spiro atoms. The molecule has 8 heterocycles. The van der Waals surface area contributed by atoms with Crippen molar-refractivity contribution < 1.29 is 28.7 Å². The molecule has 0 bridgehead atoms. The van der Waals surface area contributed by atoms with Gasteiger partial charge in [0.05, 0.1) is 47.0 Å². The number of anilines is 12. The molecule has 0 unspecified atom stereocenters. The van der Waals surface area contributed by atoms with Gasteiger partial charge >= 0.3 is 0 Å². The van der Waals surface area contributed by atoms with Crippen LogP contribution in [-0.4, -0.2) is 87.5 Å². The first-order valence-electron chi connectivity index (χ1n) is 32.5. The van der Waals surface area contributed by atoms with E-state index in [1.165, 1.54) is 25.3 Å². The first kappa shape index (κ1) is 71.1. The summed E-state index contributed by atoms with van der Waals surface area (Å²) in [7, 11) is 3.27. The van der Waals surface area contributed by atoms with E-state index in [1.807, 2.05) is 163 Å². The van der Waals surface area contributed by atoms with Crippen molar-refractivity contribution in [2.45, 2.75) is 111 Å². The minimum Gasteiger partial charge on any atom is -0.497 e. The second-order valence-electron chi connectivity index (χ2n) is 27.1. The van der Waals surface area contributed by atoms with E-state index < -0.39 is 11.1 Å². The SMILES string of the molecule is COc1ccc(CN2C(=O)c3c(C)cc(Nc4cc(N)ncn4)cc3C2(C)C)cc1.COc1ccc(CN2C(=O)c3c(Cl)cc(Nc4cc(N)ncn4)cc3C2(C)C)cc1.Cc1cc(Nc2cc(N)ncn2)cc2c1C(=O)NC2(C)C.Cc1cc(Nc2cc(N)ncn2)cc2c1C(=O)NC2(C)C. The number of rotatable bonds is 14. The molecule has 0 radical (unpaired) electrons. The Bertz CT molecular complexity index is 4610. The van der Waals surface area contributed by atoms with E-state index in [1.54, 1.807) is 44.6 Å². The summed E-state index contributed by atoms with van der Waals surface area (Å²) in [5.41, 5.74) is 35.8. The van der Waals surface area contributed by atoms with Crippen molar-refractivity contribution in [2.24, 2.45) is 0 Å². The van der Waals surface area contributed by atoms with Crippen molar-refractivity contribution in [2.75, 3.05) is 58.4 Å². The van der Waals surface area contributed by atoms with Crippen LogP contribution in [0.25, 0.3) is 0 Å². The lowest BCUT2D eigenvalue weighted by Crippen LogP contribution is -2.38. The molecule has 10 aromatic rings. The van der Waals surface area contributed by atoms with Crippen LogP contribution in [0.5, 0.6) is 11.5 Å². The van der Waals surface area contributed by atoms with Crippen LogP contribution in [0.15, 0.2) is 147 Å². The van der Waals surface area contributed by atoms with E-state index >= 15 is 0 Å². The molecule has 26 nitrogen and oxygen atoms in total. The van der Waals surface area contributed by atoms with Gasteiger partial charge in [0.2, 0.25) is 0 Å². The number of fused-ring (bicyclic) bond motifs is 4. The van der Waals surface area contributed by atoms with Gasteiger partial charge in [0.15, 0.2) is 0 Å². The van der Waals surface area contributed by atoms with E-state index in [0.29, 0.717) is 70.2 Å². The highest BCUT2D eigenvalue weighted by molar-refractivity contribution is 6.34. The maximum atomic E-state index is 13.3. The standard InChI is InChI=1S/C23H25N5O2.C22H22ClN5O2.2C15H17N5O/c1-14-9-16(27-20-11-19(24)25-13-26-20)10-18-21(14)22(29)28(23(18,2)3)12-15-5-7-17(30-4)8-6-15;1-22(2)16-8-14(27-19-10-18(24)25-12-26-19)9-17(23)20(16)21(29)28(22)11-13-4-6-15(30-3)7-5-13;2*1-8-4-9(19-12-6-11(16)17-7-18-12)5-10-13(8)14(21)20-15(10,2)3/h5-11,13H,12H2,1-4H3,(H3,24,25,26,27);4-10,12H,11H2,1-3H3,(H3,24,25,26,27);2*4-7H,1-3H3,(H,20,21)(H3,16,17,18,19). The Labute approximate surface area is 595 Å². The number of carbonyl (C=O) groups is 4. The fourth-order valence-electron chi connectivity index (χ4n) is 12.9. The minimum atomic E-state index is -0.543. The smallest absolute Gasteiger partial charge is 0.256 e. The molecule has 0 saturated heterocycles. The summed E-state index contributed by atoms with van der Waals surface area (Å²) in [5, 5.41) is 19.2. The largest absolute Gasteiger partial charge is 0.497 e. The zero-order chi connectivity index (χ0) is 73.3. The molecule has 4 aromatic heterocycles. The van der Waals surface area contributed by atoms with Crippen LogP contribution in [-0.2, 0) is 35.2 Å². The van der Waals surface area contributed by atoms with Gasteiger partial charge in [0.25, 0.3) is 23.6 Å². The summed E-state index contributed by atoms with van der Waals surface area (Å²) < 4.78 is 10.4. The van der Waals surface area contributed by atoms with Crippen molar-refractivity contribution in [1.29, 1.82) is 0 Å². The Morgan fingerprint density at radius 1 is 0.402 bits per heavy atom. The molecule has 14 rings (SSSR count). The molecule has 4 amide bonds. The Hall–Kier alpha value is -12.2. The lowest BCUT2D eigenvalue weighted by atomic mass is 9.91. The number of benzene rings is 6. The summed E-state index contributed by atoms with van der Waals surface area (Å²) in [6.45, 7) is 22.9. The number of carbonyl (C=O) groups excluding carboxylic acids is 4. The summed E-state index contributed by atoms with van der Waals surface area (Å²) in [6.07, 6.45) is 5.62. The topological polar surface area (TPSA) is 373 Å². The monoisotopic (exact) mass is 1390 g/mol. The molecule has 0 fully saturated rings. The second kappa shape index (κ2) is 28.2. The third kappa shape index (κ3) is 15.0. The Kier molecular flexibility index (Phi) is 19.7. The van der Waals surface area contributed by atoms with Gasteiger partial charge in [-0.15, -0.1) is 0 Å². The molecule has 524 valence electrons. The van der Waals surface area contributed by atoms with E-state index in [4.69, 9.17) is 44.0 Å². The van der Waals surface area contributed by atoms with Crippen LogP contribution < -0.4 is 64.3 Å². The van der Waals surface area contributed by atoms with E-state index in [2.05, 4.69) is 85.6 Å². The van der Waals surface area contributed by atoms with Gasteiger partial charge in [-0.25, -0.2) is 39.9 Å². The lowest BCUT2D eigenvalue weighted by Gasteiger charge is -2.32. The van der Waals surface area contributed by atoms with Gasteiger partial charge in [0, 0.05) is 76.8 Å². The molecular formula is C75H81ClN20O6. The normalized spacial score (nSPS) is 14.9. The van der Waals surface area contributed by atoms with Gasteiger partial charge in [0.1, 0.15) is 83.4 Å². The summed E-state index contributed by atoms with van der Waals surface area (Å²) in [4.78, 5) is 86.5. The van der Waals surface area contributed by atoms with Crippen LogP contribution in [0.4, 0.5) is 69.3 Å². The van der Waals surface area contributed by atoms with Gasteiger partial charge in [-0.3, -0.25) is 19.2 Å². The molecule has 102 heavy (non-hydrogen) atoms. The molecule has 0 atom stereocenters. The lowest BCUT2D eigenvalue weighted by molar-refractivity contribution is 0.0587. The molecule has 27 heteroatoms. The van der Waals surface area contributed by atoms with Gasteiger partial charge in [-0.1, -0.05) is 35.9 Å². The Morgan fingerprint density at radius 3 is 1.02 bits per heavy atom. The predicted molar refractivity (Wildman–Crippen MR) is 397 cm³/mol.